The summed E-state index contributed by atoms with van der Waals surface area (Å²) in [5.41, 5.74) is 1.03. The van der Waals surface area contributed by atoms with Gasteiger partial charge in [-0.15, -0.1) is 0 Å². The molecule has 2 heterocycles. The lowest BCUT2D eigenvalue weighted by atomic mass is 10.3. The molecule has 0 aliphatic carbocycles. The van der Waals surface area contributed by atoms with E-state index in [9.17, 15) is 4.79 Å². The average Bonchev–Trinajstić information content (AvgIpc) is 2.85. The summed E-state index contributed by atoms with van der Waals surface area (Å²) in [4.78, 5) is 18.7. The molecule has 6 nitrogen and oxygen atoms in total. The predicted octanol–water partition coefficient (Wildman–Crippen LogP) is 2.14. The van der Waals surface area contributed by atoms with Gasteiger partial charge in [0.1, 0.15) is 12.4 Å². The lowest BCUT2D eigenvalue weighted by Gasteiger charge is -2.12. The van der Waals surface area contributed by atoms with E-state index in [1.54, 1.807) is 12.5 Å². The second-order valence-corrected chi connectivity index (χ2v) is 4.39. The average molecular weight is 261 g/mol. The zero-order valence-corrected chi connectivity index (χ0v) is 10.8. The molecule has 0 radical (unpaired) electrons. The van der Waals surface area contributed by atoms with E-state index in [1.165, 1.54) is 18.5 Å². The van der Waals surface area contributed by atoms with Gasteiger partial charge in [0.25, 0.3) is 0 Å². The number of hydrogen-bond donors (Lipinski definition) is 1. The van der Waals surface area contributed by atoms with Crippen LogP contribution in [0.5, 0.6) is 5.75 Å². The van der Waals surface area contributed by atoms with Gasteiger partial charge in [-0.1, -0.05) is 0 Å². The third-order valence-electron chi connectivity index (χ3n) is 2.65. The van der Waals surface area contributed by atoms with E-state index >= 15 is 0 Å². The molecule has 0 aliphatic heterocycles. The summed E-state index contributed by atoms with van der Waals surface area (Å²) >= 11 is 0. The van der Waals surface area contributed by atoms with Crippen molar-refractivity contribution < 1.29 is 14.6 Å². The van der Waals surface area contributed by atoms with E-state index in [1.807, 2.05) is 4.57 Å². The van der Waals surface area contributed by atoms with Gasteiger partial charge in [-0.25, -0.2) is 9.78 Å². The van der Waals surface area contributed by atoms with Gasteiger partial charge >= 0.3 is 5.97 Å². The summed E-state index contributed by atoms with van der Waals surface area (Å²) in [7, 11) is 0. The third-order valence-corrected chi connectivity index (χ3v) is 2.65. The number of nitrogens with zero attached hydrogens (tertiary/aromatic N) is 3. The van der Waals surface area contributed by atoms with Crippen molar-refractivity contribution in [3.63, 3.8) is 0 Å². The van der Waals surface area contributed by atoms with Crippen LogP contribution in [-0.4, -0.2) is 25.6 Å². The Morgan fingerprint density at radius 2 is 2.16 bits per heavy atom. The number of pyridine rings is 1. The molecule has 0 spiro atoms. The van der Waals surface area contributed by atoms with Crippen LogP contribution in [0.2, 0.25) is 0 Å². The normalized spacial score (nSPS) is 10.7. The molecule has 1 N–H and O–H groups in total. The standard InChI is InChI=1S/C13H15N3O3/c1-9(2)16-8-15-5-11(16)7-19-12-3-10(13(17)18)4-14-6-12/h3-6,8-9H,7H2,1-2H3,(H,17,18). The van der Waals surface area contributed by atoms with Crippen LogP contribution in [0, 0.1) is 0 Å². The molecule has 0 unspecified atom stereocenters. The Morgan fingerprint density at radius 3 is 2.84 bits per heavy atom. The molecule has 0 aromatic carbocycles. The monoisotopic (exact) mass is 261 g/mol. The Kier molecular flexibility index (Phi) is 3.79. The van der Waals surface area contributed by atoms with Crippen LogP contribution in [0.4, 0.5) is 0 Å². The van der Waals surface area contributed by atoms with Gasteiger partial charge in [-0.2, -0.15) is 0 Å². The first-order valence-electron chi connectivity index (χ1n) is 5.89. The van der Waals surface area contributed by atoms with Crippen molar-refractivity contribution in [2.75, 3.05) is 0 Å². The molecule has 2 rings (SSSR count). The molecule has 0 amide bonds. The van der Waals surface area contributed by atoms with Gasteiger partial charge < -0.3 is 14.4 Å². The summed E-state index contributed by atoms with van der Waals surface area (Å²) in [6, 6.07) is 1.75. The third kappa shape index (κ3) is 3.09. The maximum Gasteiger partial charge on any atom is 0.337 e. The smallest absolute Gasteiger partial charge is 0.337 e. The number of aromatic carboxylic acids is 1. The van der Waals surface area contributed by atoms with E-state index in [4.69, 9.17) is 9.84 Å². The van der Waals surface area contributed by atoms with Crippen LogP contribution >= 0.6 is 0 Å². The van der Waals surface area contributed by atoms with Crippen LogP contribution in [0.3, 0.4) is 0 Å². The minimum atomic E-state index is -1.02. The first-order valence-corrected chi connectivity index (χ1v) is 5.89. The second kappa shape index (κ2) is 5.51. The Morgan fingerprint density at radius 1 is 1.37 bits per heavy atom. The van der Waals surface area contributed by atoms with Crippen LogP contribution in [0.1, 0.15) is 35.9 Å². The van der Waals surface area contributed by atoms with Gasteiger partial charge in [0, 0.05) is 12.2 Å². The Hall–Kier alpha value is -2.37. The SMILES string of the molecule is CC(C)n1cncc1COc1cncc(C(=O)O)c1. The number of rotatable bonds is 5. The molecule has 0 atom stereocenters. The highest BCUT2D eigenvalue weighted by Gasteiger charge is 2.08. The van der Waals surface area contributed by atoms with Crippen LogP contribution in [0.25, 0.3) is 0 Å². The number of ether oxygens (including phenoxy) is 1. The summed E-state index contributed by atoms with van der Waals surface area (Å²) in [6.45, 7) is 4.43. The largest absolute Gasteiger partial charge is 0.486 e. The molecule has 0 fully saturated rings. The molecule has 100 valence electrons. The minimum Gasteiger partial charge on any atom is -0.486 e. The van der Waals surface area contributed by atoms with E-state index < -0.39 is 5.97 Å². The van der Waals surface area contributed by atoms with Gasteiger partial charge in [-0.3, -0.25) is 4.98 Å². The van der Waals surface area contributed by atoms with Gasteiger partial charge in [0.2, 0.25) is 0 Å². The molecular weight excluding hydrogens is 246 g/mol. The first kappa shape index (κ1) is 13.1. The van der Waals surface area contributed by atoms with Gasteiger partial charge in [0.15, 0.2) is 0 Å². The minimum absolute atomic E-state index is 0.106. The fraction of sp³-hybridized carbons (Fsp3) is 0.308. The zero-order chi connectivity index (χ0) is 13.8. The van der Waals surface area contributed by atoms with Crippen molar-refractivity contribution in [3.05, 3.63) is 42.2 Å². The van der Waals surface area contributed by atoms with Crippen LogP contribution in [0.15, 0.2) is 31.0 Å². The lowest BCUT2D eigenvalue weighted by molar-refractivity contribution is 0.0696. The molecule has 0 aliphatic rings. The van der Waals surface area contributed by atoms with Crippen molar-refractivity contribution in [2.24, 2.45) is 0 Å². The van der Waals surface area contributed by atoms with Crippen LogP contribution < -0.4 is 4.74 Å². The van der Waals surface area contributed by atoms with Crippen molar-refractivity contribution in [1.29, 1.82) is 0 Å². The quantitative estimate of drug-likeness (QED) is 0.892. The van der Waals surface area contributed by atoms with Crippen LogP contribution in [-0.2, 0) is 6.61 Å². The highest BCUT2D eigenvalue weighted by molar-refractivity contribution is 5.87. The topological polar surface area (TPSA) is 77.2 Å². The summed E-state index contributed by atoms with van der Waals surface area (Å²) in [6.07, 6.45) is 6.25. The van der Waals surface area contributed by atoms with Gasteiger partial charge in [-0.05, 0) is 19.9 Å². The Balaban J connectivity index is 2.08. The molecule has 0 saturated heterocycles. The van der Waals surface area contributed by atoms with Gasteiger partial charge in [0.05, 0.1) is 30.0 Å². The zero-order valence-electron chi connectivity index (χ0n) is 10.8. The number of hydrogen-bond acceptors (Lipinski definition) is 4. The predicted molar refractivity (Wildman–Crippen MR) is 68.1 cm³/mol. The fourth-order valence-corrected chi connectivity index (χ4v) is 1.68. The molecule has 2 aromatic heterocycles. The summed E-state index contributed by atoms with van der Waals surface area (Å²) < 4.78 is 7.54. The highest BCUT2D eigenvalue weighted by atomic mass is 16.5. The number of imidazole rings is 1. The van der Waals surface area contributed by atoms with Crippen molar-refractivity contribution in [1.82, 2.24) is 14.5 Å². The lowest BCUT2D eigenvalue weighted by Crippen LogP contribution is -2.07. The number of carbonyl (C=O) groups is 1. The fourth-order valence-electron chi connectivity index (χ4n) is 1.68. The molecule has 0 saturated carbocycles. The molecule has 2 aromatic rings. The first-order chi connectivity index (χ1) is 9.08. The summed E-state index contributed by atoms with van der Waals surface area (Å²) in [5.74, 6) is -0.596. The van der Waals surface area contributed by atoms with Crippen molar-refractivity contribution in [2.45, 2.75) is 26.5 Å². The molecule has 19 heavy (non-hydrogen) atoms. The maximum atomic E-state index is 10.8. The number of carboxylic acids is 1. The van der Waals surface area contributed by atoms with Crippen molar-refractivity contribution in [3.8, 4) is 5.75 Å². The number of aromatic nitrogens is 3. The van der Waals surface area contributed by atoms with E-state index in [-0.39, 0.29) is 5.56 Å². The molecule has 0 bridgehead atoms. The van der Waals surface area contributed by atoms with E-state index in [0.29, 0.717) is 18.4 Å². The number of carboxylic acid groups (broad SMARTS) is 1. The van der Waals surface area contributed by atoms with E-state index in [0.717, 1.165) is 5.69 Å². The second-order valence-electron chi connectivity index (χ2n) is 4.39. The molecule has 6 heteroatoms. The van der Waals surface area contributed by atoms with Crippen molar-refractivity contribution >= 4 is 5.97 Å². The Labute approximate surface area is 110 Å². The maximum absolute atomic E-state index is 10.8. The molecular formula is C13H15N3O3. The highest BCUT2D eigenvalue weighted by Crippen LogP contribution is 2.15. The Bertz CT molecular complexity index is 578. The van der Waals surface area contributed by atoms with E-state index in [2.05, 4.69) is 23.8 Å². The summed E-state index contributed by atoms with van der Waals surface area (Å²) in [5, 5.41) is 8.87.